The molecule has 7 heteroatoms. The fourth-order valence-corrected chi connectivity index (χ4v) is 3.03. The molecule has 0 spiro atoms. The zero-order valence-corrected chi connectivity index (χ0v) is 16.9. The van der Waals surface area contributed by atoms with Crippen molar-refractivity contribution in [3.05, 3.63) is 69.1 Å². The van der Waals surface area contributed by atoms with Crippen LogP contribution >= 0.6 is 0 Å². The quantitative estimate of drug-likeness (QED) is 0.673. The van der Waals surface area contributed by atoms with Gasteiger partial charge in [0.1, 0.15) is 11.2 Å². The van der Waals surface area contributed by atoms with Gasteiger partial charge in [0.15, 0.2) is 6.61 Å². The highest BCUT2D eigenvalue weighted by Gasteiger charge is 2.18. The number of benzene rings is 1. The second-order valence-corrected chi connectivity index (χ2v) is 6.85. The van der Waals surface area contributed by atoms with Crippen LogP contribution in [0.5, 0.6) is 0 Å². The molecule has 7 nitrogen and oxygen atoms in total. The highest BCUT2D eigenvalue weighted by Crippen LogP contribution is 2.18. The summed E-state index contributed by atoms with van der Waals surface area (Å²) in [6.07, 6.45) is 1.43. The van der Waals surface area contributed by atoms with Gasteiger partial charge >= 0.3 is 5.97 Å². The zero-order valence-electron chi connectivity index (χ0n) is 16.9. The normalized spacial score (nSPS) is 10.8. The van der Waals surface area contributed by atoms with Crippen LogP contribution in [0.15, 0.2) is 41.3 Å². The number of nitrogens with zero attached hydrogens (tertiary/aromatic N) is 2. The molecular formula is C22H23N3O4. The summed E-state index contributed by atoms with van der Waals surface area (Å²) in [6, 6.07) is 8.93. The maximum Gasteiger partial charge on any atom is 0.344 e. The summed E-state index contributed by atoms with van der Waals surface area (Å²) >= 11 is 0. The lowest BCUT2D eigenvalue weighted by atomic mass is 10.1. The van der Waals surface area contributed by atoms with E-state index in [0.717, 1.165) is 16.8 Å². The third kappa shape index (κ3) is 4.18. The van der Waals surface area contributed by atoms with Crippen molar-refractivity contribution in [1.82, 2.24) is 9.55 Å². The zero-order chi connectivity index (χ0) is 21.1. The van der Waals surface area contributed by atoms with E-state index >= 15 is 0 Å². The number of esters is 1. The monoisotopic (exact) mass is 393 g/mol. The Labute approximate surface area is 168 Å². The van der Waals surface area contributed by atoms with E-state index in [1.807, 2.05) is 39.8 Å². The Hall–Kier alpha value is -3.48. The Bertz CT molecular complexity index is 1160. The summed E-state index contributed by atoms with van der Waals surface area (Å²) in [7, 11) is 0. The first kappa shape index (κ1) is 20.3. The number of nitrogens with one attached hydrogen (secondary N) is 1. The Morgan fingerprint density at radius 3 is 2.62 bits per heavy atom. The average molecular weight is 393 g/mol. The number of hydrogen-bond acceptors (Lipinski definition) is 5. The molecule has 3 aromatic rings. The van der Waals surface area contributed by atoms with E-state index in [4.69, 9.17) is 4.74 Å². The third-order valence-corrected chi connectivity index (χ3v) is 4.83. The van der Waals surface area contributed by atoms with Gasteiger partial charge in [-0.25, -0.2) is 9.78 Å². The van der Waals surface area contributed by atoms with Crippen molar-refractivity contribution >= 4 is 28.6 Å². The second kappa shape index (κ2) is 8.26. The predicted octanol–water partition coefficient (Wildman–Crippen LogP) is 3.14. The number of hydrogen-bond donors (Lipinski definition) is 1. The molecule has 1 N–H and O–H groups in total. The fraction of sp³-hybridized carbons (Fsp3) is 0.273. The predicted molar refractivity (Wildman–Crippen MR) is 111 cm³/mol. The van der Waals surface area contributed by atoms with Crippen LogP contribution in [0.2, 0.25) is 0 Å². The first-order chi connectivity index (χ1) is 13.8. The van der Waals surface area contributed by atoms with E-state index in [0.29, 0.717) is 23.3 Å². The molecule has 2 aromatic heterocycles. The van der Waals surface area contributed by atoms with Gasteiger partial charge in [-0.1, -0.05) is 12.1 Å². The molecule has 0 unspecified atom stereocenters. The Morgan fingerprint density at radius 2 is 1.90 bits per heavy atom. The van der Waals surface area contributed by atoms with Crippen LogP contribution in [-0.2, 0) is 16.1 Å². The lowest BCUT2D eigenvalue weighted by Crippen LogP contribution is -2.25. The fourth-order valence-electron chi connectivity index (χ4n) is 3.03. The summed E-state index contributed by atoms with van der Waals surface area (Å²) < 4.78 is 6.82. The minimum atomic E-state index is -0.837. The number of carbonyl (C=O) groups excluding carboxylic acids is 2. The van der Waals surface area contributed by atoms with E-state index < -0.39 is 23.9 Å². The number of anilines is 1. The largest absolute Gasteiger partial charge is 0.452 e. The van der Waals surface area contributed by atoms with Crippen LogP contribution in [0.1, 0.15) is 34.1 Å². The van der Waals surface area contributed by atoms with E-state index in [9.17, 15) is 14.4 Å². The van der Waals surface area contributed by atoms with Crippen molar-refractivity contribution in [1.29, 1.82) is 0 Å². The van der Waals surface area contributed by atoms with E-state index in [1.165, 1.54) is 6.20 Å². The minimum absolute atomic E-state index is 0.121. The molecule has 0 aliphatic heterocycles. The molecule has 3 rings (SSSR count). The summed E-state index contributed by atoms with van der Waals surface area (Å²) in [5.74, 6) is -1.31. The molecule has 150 valence electrons. The van der Waals surface area contributed by atoms with E-state index in [2.05, 4.69) is 10.3 Å². The molecule has 0 atom stereocenters. The molecule has 0 radical (unpaired) electrons. The van der Waals surface area contributed by atoms with Gasteiger partial charge in [0.2, 0.25) is 5.43 Å². The Morgan fingerprint density at radius 1 is 1.14 bits per heavy atom. The van der Waals surface area contributed by atoms with Crippen LogP contribution < -0.4 is 10.7 Å². The van der Waals surface area contributed by atoms with Gasteiger partial charge in [0.25, 0.3) is 5.91 Å². The number of ether oxygens (including phenoxy) is 1. The number of aryl methyl sites for hydroxylation is 3. The third-order valence-electron chi connectivity index (χ3n) is 4.83. The topological polar surface area (TPSA) is 90.3 Å². The van der Waals surface area contributed by atoms with Crippen molar-refractivity contribution in [3.8, 4) is 0 Å². The van der Waals surface area contributed by atoms with Crippen molar-refractivity contribution < 1.29 is 14.3 Å². The summed E-state index contributed by atoms with van der Waals surface area (Å²) in [4.78, 5) is 41.8. The molecule has 2 heterocycles. The summed E-state index contributed by atoms with van der Waals surface area (Å²) in [5, 5.41) is 3.06. The molecule has 0 aliphatic carbocycles. The summed E-state index contributed by atoms with van der Waals surface area (Å²) in [6.45, 7) is 7.61. The first-order valence-corrected chi connectivity index (χ1v) is 9.35. The highest BCUT2D eigenvalue weighted by atomic mass is 16.5. The Kier molecular flexibility index (Phi) is 5.77. The van der Waals surface area contributed by atoms with Crippen LogP contribution in [0.25, 0.3) is 11.0 Å². The molecule has 0 saturated heterocycles. The lowest BCUT2D eigenvalue weighted by molar-refractivity contribution is -0.119. The smallest absolute Gasteiger partial charge is 0.344 e. The van der Waals surface area contributed by atoms with Crippen LogP contribution in [-0.4, -0.2) is 28.0 Å². The van der Waals surface area contributed by atoms with Crippen molar-refractivity contribution in [2.45, 2.75) is 34.2 Å². The van der Waals surface area contributed by atoms with Crippen molar-refractivity contribution in [2.75, 3.05) is 11.9 Å². The molecular weight excluding hydrogens is 370 g/mol. The molecule has 1 amide bonds. The molecule has 0 fully saturated rings. The number of pyridine rings is 2. The van der Waals surface area contributed by atoms with Gasteiger partial charge in [-0.15, -0.1) is 0 Å². The summed E-state index contributed by atoms with van der Waals surface area (Å²) in [5.41, 5.74) is 3.35. The Balaban J connectivity index is 1.79. The SMILES string of the molecule is CCn1cc(C(=O)OCC(=O)Nc2cccc(C)c2C)c(=O)c2ccc(C)nc21. The number of carbonyl (C=O) groups is 2. The van der Waals surface area contributed by atoms with Gasteiger partial charge in [-0.3, -0.25) is 9.59 Å². The first-order valence-electron chi connectivity index (χ1n) is 9.35. The van der Waals surface area contributed by atoms with Gasteiger partial charge in [-0.05, 0) is 57.0 Å². The van der Waals surface area contributed by atoms with Crippen LogP contribution in [0.4, 0.5) is 5.69 Å². The standard InChI is InChI=1S/C22H23N3O4/c1-5-25-11-17(20(27)16-10-9-14(3)23-21(16)25)22(28)29-12-19(26)24-18-8-6-7-13(2)15(18)4/h6-11H,5,12H2,1-4H3,(H,24,26). The highest BCUT2D eigenvalue weighted by molar-refractivity contribution is 5.97. The second-order valence-electron chi connectivity index (χ2n) is 6.85. The van der Waals surface area contributed by atoms with Crippen LogP contribution in [0.3, 0.4) is 0 Å². The molecule has 0 saturated carbocycles. The van der Waals surface area contributed by atoms with Crippen molar-refractivity contribution in [3.63, 3.8) is 0 Å². The van der Waals surface area contributed by atoms with E-state index in [1.54, 1.807) is 22.8 Å². The molecule has 0 aliphatic rings. The van der Waals surface area contributed by atoms with Crippen molar-refractivity contribution in [2.24, 2.45) is 0 Å². The lowest BCUT2D eigenvalue weighted by Gasteiger charge is -2.12. The molecule has 29 heavy (non-hydrogen) atoms. The number of fused-ring (bicyclic) bond motifs is 1. The van der Waals surface area contributed by atoms with Gasteiger partial charge in [0, 0.05) is 24.1 Å². The van der Waals surface area contributed by atoms with Gasteiger partial charge in [-0.2, -0.15) is 0 Å². The van der Waals surface area contributed by atoms with Gasteiger partial charge < -0.3 is 14.6 Å². The van der Waals surface area contributed by atoms with Gasteiger partial charge in [0.05, 0.1) is 5.39 Å². The number of rotatable bonds is 5. The maximum atomic E-state index is 12.7. The van der Waals surface area contributed by atoms with Crippen LogP contribution in [0, 0.1) is 20.8 Å². The number of amides is 1. The minimum Gasteiger partial charge on any atom is -0.452 e. The van der Waals surface area contributed by atoms with E-state index in [-0.39, 0.29) is 5.56 Å². The maximum absolute atomic E-state index is 12.7. The molecule has 1 aromatic carbocycles. The molecule has 0 bridgehead atoms. The average Bonchev–Trinajstić information content (AvgIpc) is 2.70. The number of aromatic nitrogens is 2.